The number of nitrogens with zero attached hydrogens (tertiary/aromatic N) is 4. The Balaban J connectivity index is 1.29. The summed E-state index contributed by atoms with van der Waals surface area (Å²) in [5, 5.41) is -0.473. The molecule has 196 valence electrons. The van der Waals surface area contributed by atoms with Crippen LogP contribution in [0.2, 0.25) is 0 Å². The van der Waals surface area contributed by atoms with Crippen molar-refractivity contribution >= 4 is 38.1 Å². The minimum absolute atomic E-state index is 0.311. The first-order chi connectivity index (χ1) is 18.3. The van der Waals surface area contributed by atoms with E-state index in [4.69, 9.17) is 10.7 Å². The van der Waals surface area contributed by atoms with Gasteiger partial charge in [-0.15, -0.1) is 0 Å². The van der Waals surface area contributed by atoms with Crippen LogP contribution in [0, 0.1) is 5.92 Å². The standard InChI is InChI=1S/C29H32N6O2S/c1-18(2)38(36,37)24-7-4-21(5-8-24)26-14-31-29-28(33-26)27(15-32-29)35-17-22-12-23(6-9-25(22)19(35)3)34-11-10-20(13-30)16-34/h4-9,12,14-15,18,20H,3,10-11,13,16-17,30H2,1-2H3,(H,31,32)/t20-/m0/s1. The molecule has 3 N–H and O–H groups in total. The van der Waals surface area contributed by atoms with Gasteiger partial charge in [-0.2, -0.15) is 0 Å². The van der Waals surface area contributed by atoms with Crippen LogP contribution in [0.1, 0.15) is 31.4 Å². The van der Waals surface area contributed by atoms with E-state index in [1.807, 2.05) is 6.20 Å². The summed E-state index contributed by atoms with van der Waals surface area (Å²) in [4.78, 5) is 17.7. The van der Waals surface area contributed by atoms with Crippen molar-refractivity contribution in [3.05, 3.63) is 72.6 Å². The number of rotatable bonds is 6. The summed E-state index contributed by atoms with van der Waals surface area (Å²) in [6.07, 6.45) is 4.77. The number of aromatic nitrogens is 3. The van der Waals surface area contributed by atoms with E-state index in [1.165, 1.54) is 11.3 Å². The summed E-state index contributed by atoms with van der Waals surface area (Å²) < 4.78 is 25.0. The van der Waals surface area contributed by atoms with Crippen LogP contribution in [0.15, 0.2) is 66.3 Å². The van der Waals surface area contributed by atoms with E-state index in [2.05, 4.69) is 44.5 Å². The van der Waals surface area contributed by atoms with Gasteiger partial charge < -0.3 is 20.5 Å². The lowest BCUT2D eigenvalue weighted by Gasteiger charge is -2.19. The van der Waals surface area contributed by atoms with Crippen LogP contribution in [-0.4, -0.2) is 48.3 Å². The molecule has 0 saturated carbocycles. The normalized spacial score (nSPS) is 17.7. The Morgan fingerprint density at radius 3 is 2.68 bits per heavy atom. The second-order valence-corrected chi connectivity index (χ2v) is 13.0. The Morgan fingerprint density at radius 2 is 1.97 bits per heavy atom. The Kier molecular flexibility index (Phi) is 6.00. The van der Waals surface area contributed by atoms with Crippen molar-refractivity contribution in [1.82, 2.24) is 15.0 Å². The van der Waals surface area contributed by atoms with E-state index in [0.717, 1.165) is 54.1 Å². The summed E-state index contributed by atoms with van der Waals surface area (Å²) in [5.41, 5.74) is 14.3. The van der Waals surface area contributed by atoms with E-state index in [-0.39, 0.29) is 0 Å². The molecule has 0 spiro atoms. The fourth-order valence-electron chi connectivity index (χ4n) is 5.40. The number of benzene rings is 2. The first-order valence-electron chi connectivity index (χ1n) is 13.0. The number of nitrogens with two attached hydrogens (primary N) is 1. The molecule has 8 nitrogen and oxygen atoms in total. The van der Waals surface area contributed by atoms with Crippen LogP contribution < -0.4 is 15.5 Å². The highest BCUT2D eigenvalue weighted by Crippen LogP contribution is 2.40. The van der Waals surface area contributed by atoms with Gasteiger partial charge in [-0.05, 0) is 62.6 Å². The predicted molar refractivity (Wildman–Crippen MR) is 153 cm³/mol. The number of hydrogen-bond acceptors (Lipinski definition) is 7. The van der Waals surface area contributed by atoms with E-state index in [1.54, 1.807) is 44.3 Å². The maximum absolute atomic E-state index is 12.5. The molecule has 0 bridgehead atoms. The van der Waals surface area contributed by atoms with Crippen molar-refractivity contribution in [2.45, 2.75) is 37.0 Å². The SMILES string of the molecule is C=C1c2ccc(N3CC[C@@H](CN)C3)cc2CN1c1c[nH]c2ncc(-c3ccc(S(=O)(=O)C(C)C)cc3)nc12. The summed E-state index contributed by atoms with van der Waals surface area (Å²) in [6.45, 7) is 11.2. The van der Waals surface area contributed by atoms with Crippen molar-refractivity contribution in [1.29, 1.82) is 0 Å². The van der Waals surface area contributed by atoms with Gasteiger partial charge in [-0.1, -0.05) is 24.8 Å². The average molecular weight is 529 g/mol. The van der Waals surface area contributed by atoms with Crippen LogP contribution >= 0.6 is 0 Å². The smallest absolute Gasteiger partial charge is 0.180 e. The van der Waals surface area contributed by atoms with Crippen molar-refractivity contribution in [2.24, 2.45) is 11.7 Å². The summed E-state index contributed by atoms with van der Waals surface area (Å²) >= 11 is 0. The lowest BCUT2D eigenvalue weighted by atomic mass is 10.1. The zero-order chi connectivity index (χ0) is 26.6. The Labute approximate surface area is 223 Å². The van der Waals surface area contributed by atoms with E-state index in [9.17, 15) is 8.42 Å². The maximum atomic E-state index is 12.5. The van der Waals surface area contributed by atoms with Crippen molar-refractivity contribution in [3.63, 3.8) is 0 Å². The zero-order valence-corrected chi connectivity index (χ0v) is 22.5. The molecule has 0 amide bonds. The van der Waals surface area contributed by atoms with Gasteiger partial charge in [0, 0.05) is 48.3 Å². The Hall–Kier alpha value is -3.69. The largest absolute Gasteiger partial charge is 0.371 e. The number of fused-ring (bicyclic) bond motifs is 2. The van der Waals surface area contributed by atoms with Crippen LogP contribution in [0.5, 0.6) is 0 Å². The number of hydrogen-bond donors (Lipinski definition) is 2. The van der Waals surface area contributed by atoms with Gasteiger partial charge >= 0.3 is 0 Å². The first kappa shape index (κ1) is 24.6. The number of nitrogens with one attached hydrogen (secondary N) is 1. The van der Waals surface area contributed by atoms with Gasteiger partial charge in [-0.25, -0.2) is 18.4 Å². The van der Waals surface area contributed by atoms with Gasteiger partial charge in [0.05, 0.1) is 27.7 Å². The molecule has 0 aliphatic carbocycles. The molecule has 38 heavy (non-hydrogen) atoms. The van der Waals surface area contributed by atoms with Crippen molar-refractivity contribution < 1.29 is 8.42 Å². The fourth-order valence-corrected chi connectivity index (χ4v) is 6.46. The molecule has 4 heterocycles. The monoisotopic (exact) mass is 528 g/mol. The van der Waals surface area contributed by atoms with Crippen molar-refractivity contribution in [3.8, 4) is 11.3 Å². The summed E-state index contributed by atoms with van der Waals surface area (Å²) in [7, 11) is -3.33. The van der Waals surface area contributed by atoms with E-state index in [0.29, 0.717) is 28.7 Å². The molecule has 2 aromatic carbocycles. The van der Waals surface area contributed by atoms with Gasteiger partial charge in [0.15, 0.2) is 15.5 Å². The second-order valence-electron chi connectivity index (χ2n) is 10.5. The molecule has 1 atom stereocenters. The molecular formula is C29H32N6O2S. The molecular weight excluding hydrogens is 496 g/mol. The molecule has 0 unspecified atom stereocenters. The molecule has 2 aromatic heterocycles. The van der Waals surface area contributed by atoms with Crippen LogP contribution in [0.4, 0.5) is 11.4 Å². The lowest BCUT2D eigenvalue weighted by Crippen LogP contribution is -2.22. The first-order valence-corrected chi connectivity index (χ1v) is 14.5. The van der Waals surface area contributed by atoms with Crippen LogP contribution in [0.25, 0.3) is 28.1 Å². The lowest BCUT2D eigenvalue weighted by molar-refractivity contribution is 0.587. The fraction of sp³-hybridized carbons (Fsp3) is 0.310. The third-order valence-corrected chi connectivity index (χ3v) is 9.96. The Bertz CT molecular complexity index is 1640. The van der Waals surface area contributed by atoms with Gasteiger partial charge in [0.25, 0.3) is 0 Å². The second kappa shape index (κ2) is 9.25. The van der Waals surface area contributed by atoms with Gasteiger partial charge in [-0.3, -0.25) is 0 Å². The highest BCUT2D eigenvalue weighted by molar-refractivity contribution is 7.92. The minimum Gasteiger partial charge on any atom is -0.371 e. The highest BCUT2D eigenvalue weighted by Gasteiger charge is 2.28. The third-order valence-electron chi connectivity index (χ3n) is 7.79. The minimum atomic E-state index is -3.33. The molecule has 4 aromatic rings. The molecule has 6 rings (SSSR count). The van der Waals surface area contributed by atoms with Gasteiger partial charge in [0.2, 0.25) is 0 Å². The molecule has 1 fully saturated rings. The average Bonchev–Trinajstić information content (AvgIpc) is 3.65. The predicted octanol–water partition coefficient (Wildman–Crippen LogP) is 4.58. The quantitative estimate of drug-likeness (QED) is 0.377. The number of aromatic amines is 1. The number of sulfone groups is 1. The molecule has 9 heteroatoms. The Morgan fingerprint density at radius 1 is 1.18 bits per heavy atom. The van der Waals surface area contributed by atoms with Crippen LogP contribution in [0.3, 0.4) is 0 Å². The van der Waals surface area contributed by atoms with E-state index >= 15 is 0 Å². The highest BCUT2D eigenvalue weighted by atomic mass is 32.2. The van der Waals surface area contributed by atoms with Crippen LogP contribution in [-0.2, 0) is 16.4 Å². The molecule has 2 aliphatic rings. The zero-order valence-electron chi connectivity index (χ0n) is 21.7. The topological polar surface area (TPSA) is 108 Å². The third kappa shape index (κ3) is 4.06. The summed E-state index contributed by atoms with van der Waals surface area (Å²) in [5.74, 6) is 0.560. The molecule has 0 radical (unpaired) electrons. The number of H-pyrrole nitrogens is 1. The maximum Gasteiger partial charge on any atom is 0.180 e. The van der Waals surface area contributed by atoms with Gasteiger partial charge in [0.1, 0.15) is 5.52 Å². The molecule has 2 aliphatic heterocycles. The van der Waals surface area contributed by atoms with E-state index < -0.39 is 15.1 Å². The molecule has 1 saturated heterocycles. The summed E-state index contributed by atoms with van der Waals surface area (Å²) in [6, 6.07) is 13.5. The number of anilines is 2. The van der Waals surface area contributed by atoms with Crippen molar-refractivity contribution in [2.75, 3.05) is 29.4 Å².